The average molecular weight is 429 g/mol. The maximum Gasteiger partial charge on any atom is 0.262 e. The highest BCUT2D eigenvalue weighted by atomic mass is 32.2. The van der Waals surface area contributed by atoms with Gasteiger partial charge in [0.15, 0.2) is 21.2 Å². The van der Waals surface area contributed by atoms with Crippen LogP contribution < -0.4 is 15.4 Å². The molecule has 2 aromatic rings. The van der Waals surface area contributed by atoms with E-state index in [0.717, 1.165) is 11.1 Å². The van der Waals surface area contributed by atoms with Crippen molar-refractivity contribution in [2.75, 3.05) is 17.2 Å². The summed E-state index contributed by atoms with van der Waals surface area (Å²) in [6.07, 6.45) is 1.90. The van der Waals surface area contributed by atoms with Crippen molar-refractivity contribution in [3.05, 3.63) is 47.5 Å². The number of ether oxygens (including phenoxy) is 1. The largest absolute Gasteiger partial charge is 0.482 e. The van der Waals surface area contributed by atoms with Gasteiger partial charge >= 0.3 is 0 Å². The fourth-order valence-electron chi connectivity index (χ4n) is 4.08. The Morgan fingerprint density at radius 1 is 1.07 bits per heavy atom. The van der Waals surface area contributed by atoms with Gasteiger partial charge in [-0.05, 0) is 68.1 Å². The Bertz CT molecular complexity index is 1130. The van der Waals surface area contributed by atoms with Crippen molar-refractivity contribution < 1.29 is 22.7 Å². The number of benzene rings is 2. The standard InChI is InChI=1S/C22H24N2O5S/c1-14-5-7-17(11-15(14)2)30(27,28)22(9-3-4-10-22)21(26)23-16-6-8-19-18(12-16)24-20(25)13-29-19/h5-8,11-12H,3-4,9-10,13H2,1-2H3,(H,23,26)(H,24,25). The first-order valence-electron chi connectivity index (χ1n) is 9.93. The van der Waals surface area contributed by atoms with Crippen LogP contribution in [-0.2, 0) is 19.4 Å². The first-order valence-corrected chi connectivity index (χ1v) is 11.4. The molecule has 2 aromatic carbocycles. The number of hydrogen-bond donors (Lipinski definition) is 2. The highest BCUT2D eigenvalue weighted by molar-refractivity contribution is 7.93. The van der Waals surface area contributed by atoms with Crippen molar-refractivity contribution in [1.82, 2.24) is 0 Å². The lowest BCUT2D eigenvalue weighted by Crippen LogP contribution is -2.47. The Hall–Kier alpha value is -2.87. The summed E-state index contributed by atoms with van der Waals surface area (Å²) in [6, 6.07) is 9.86. The van der Waals surface area contributed by atoms with Crippen molar-refractivity contribution in [2.24, 2.45) is 0 Å². The van der Waals surface area contributed by atoms with Crippen molar-refractivity contribution in [1.29, 1.82) is 0 Å². The van der Waals surface area contributed by atoms with Gasteiger partial charge in [0.05, 0.1) is 10.6 Å². The van der Waals surface area contributed by atoms with Crippen LogP contribution in [0.15, 0.2) is 41.3 Å². The van der Waals surface area contributed by atoms with E-state index >= 15 is 0 Å². The Morgan fingerprint density at radius 3 is 2.50 bits per heavy atom. The predicted octanol–water partition coefficient (Wildman–Crippen LogP) is 3.36. The molecule has 8 heteroatoms. The molecular weight excluding hydrogens is 404 g/mol. The van der Waals surface area contributed by atoms with E-state index in [-0.39, 0.29) is 30.3 Å². The van der Waals surface area contributed by atoms with Crippen molar-refractivity contribution >= 4 is 33.0 Å². The molecule has 0 bridgehead atoms. The van der Waals surface area contributed by atoms with E-state index in [1.165, 1.54) is 0 Å². The van der Waals surface area contributed by atoms with E-state index in [1.807, 2.05) is 13.8 Å². The number of carbonyl (C=O) groups is 2. The van der Waals surface area contributed by atoms with Gasteiger partial charge < -0.3 is 15.4 Å². The maximum absolute atomic E-state index is 13.6. The Labute approximate surface area is 175 Å². The molecule has 2 amide bonds. The van der Waals surface area contributed by atoms with Gasteiger partial charge in [0.1, 0.15) is 5.75 Å². The number of sulfone groups is 1. The lowest BCUT2D eigenvalue weighted by molar-refractivity contribution is -0.119. The summed E-state index contributed by atoms with van der Waals surface area (Å²) in [5.74, 6) is -0.317. The molecule has 0 spiro atoms. The molecule has 30 heavy (non-hydrogen) atoms. The Balaban J connectivity index is 1.67. The summed E-state index contributed by atoms with van der Waals surface area (Å²) in [6.45, 7) is 3.72. The van der Waals surface area contributed by atoms with Gasteiger partial charge in [-0.1, -0.05) is 18.9 Å². The van der Waals surface area contributed by atoms with E-state index in [2.05, 4.69) is 10.6 Å². The zero-order valence-corrected chi connectivity index (χ0v) is 17.8. The van der Waals surface area contributed by atoms with E-state index in [9.17, 15) is 18.0 Å². The van der Waals surface area contributed by atoms with Crippen LogP contribution in [0.4, 0.5) is 11.4 Å². The van der Waals surface area contributed by atoms with Crippen LogP contribution in [0.3, 0.4) is 0 Å². The minimum atomic E-state index is -3.89. The molecule has 2 aliphatic rings. The summed E-state index contributed by atoms with van der Waals surface area (Å²) in [5.41, 5.74) is 2.72. The van der Waals surface area contributed by atoms with Crippen molar-refractivity contribution in [3.63, 3.8) is 0 Å². The molecule has 0 unspecified atom stereocenters. The molecule has 1 saturated carbocycles. The minimum Gasteiger partial charge on any atom is -0.482 e. The van der Waals surface area contributed by atoms with E-state index < -0.39 is 20.5 Å². The smallest absolute Gasteiger partial charge is 0.262 e. The SMILES string of the molecule is Cc1ccc(S(=O)(=O)C2(C(=O)Nc3ccc4c(c3)NC(=O)CO4)CCCC2)cc1C. The third-order valence-corrected chi connectivity index (χ3v) is 8.50. The van der Waals surface area contributed by atoms with Crippen LogP contribution in [0, 0.1) is 13.8 Å². The summed E-state index contributed by atoms with van der Waals surface area (Å²) in [5, 5.41) is 5.45. The third-order valence-electron chi connectivity index (χ3n) is 6.00. The van der Waals surface area contributed by atoms with Crippen molar-refractivity contribution in [2.45, 2.75) is 49.2 Å². The van der Waals surface area contributed by atoms with Crippen LogP contribution in [0.1, 0.15) is 36.8 Å². The topological polar surface area (TPSA) is 102 Å². The first-order chi connectivity index (χ1) is 14.2. The number of aryl methyl sites for hydroxylation is 2. The predicted molar refractivity (Wildman–Crippen MR) is 113 cm³/mol. The molecule has 4 rings (SSSR count). The molecule has 1 aliphatic carbocycles. The quantitative estimate of drug-likeness (QED) is 0.778. The normalized spacial score (nSPS) is 17.6. The number of fused-ring (bicyclic) bond motifs is 1. The van der Waals surface area contributed by atoms with Crippen molar-refractivity contribution in [3.8, 4) is 5.75 Å². The fourth-order valence-corrected chi connectivity index (χ4v) is 6.23. The van der Waals surface area contributed by atoms with Gasteiger partial charge in [-0.2, -0.15) is 0 Å². The number of amides is 2. The molecular formula is C22H24N2O5S. The van der Waals surface area contributed by atoms with Gasteiger partial charge in [0, 0.05) is 5.69 Å². The summed E-state index contributed by atoms with van der Waals surface area (Å²) in [7, 11) is -3.89. The summed E-state index contributed by atoms with van der Waals surface area (Å²) >= 11 is 0. The van der Waals surface area contributed by atoms with Gasteiger partial charge in [-0.3, -0.25) is 9.59 Å². The minimum absolute atomic E-state index is 0.0595. The number of hydrogen-bond acceptors (Lipinski definition) is 5. The molecule has 0 radical (unpaired) electrons. The second kappa shape index (κ2) is 7.43. The maximum atomic E-state index is 13.6. The highest BCUT2D eigenvalue weighted by Gasteiger charge is 2.53. The average Bonchev–Trinajstić information content (AvgIpc) is 3.21. The van der Waals surface area contributed by atoms with E-state index in [4.69, 9.17) is 4.74 Å². The molecule has 0 saturated heterocycles. The van der Waals surface area contributed by atoms with Crippen LogP contribution in [0.5, 0.6) is 5.75 Å². The second-order valence-electron chi connectivity index (χ2n) is 7.95. The number of anilines is 2. The molecule has 2 N–H and O–H groups in total. The van der Waals surface area contributed by atoms with E-state index in [1.54, 1.807) is 36.4 Å². The zero-order valence-electron chi connectivity index (χ0n) is 16.9. The van der Waals surface area contributed by atoms with Crippen LogP contribution in [0.2, 0.25) is 0 Å². The molecule has 7 nitrogen and oxygen atoms in total. The molecule has 0 atom stereocenters. The van der Waals surface area contributed by atoms with Gasteiger partial charge in [0.2, 0.25) is 5.91 Å². The van der Waals surface area contributed by atoms with E-state index in [0.29, 0.717) is 30.0 Å². The lowest BCUT2D eigenvalue weighted by Gasteiger charge is -2.28. The lowest BCUT2D eigenvalue weighted by atomic mass is 10.1. The first kappa shape index (κ1) is 20.4. The summed E-state index contributed by atoms with van der Waals surface area (Å²) in [4.78, 5) is 25.1. The molecule has 1 aliphatic heterocycles. The number of nitrogens with one attached hydrogen (secondary N) is 2. The van der Waals surface area contributed by atoms with Crippen LogP contribution >= 0.6 is 0 Å². The number of rotatable bonds is 4. The van der Waals surface area contributed by atoms with Crippen LogP contribution in [-0.4, -0.2) is 31.6 Å². The zero-order chi connectivity index (χ0) is 21.5. The third kappa shape index (κ3) is 3.35. The Morgan fingerprint density at radius 2 is 1.80 bits per heavy atom. The molecule has 1 fully saturated rings. The molecule has 158 valence electrons. The van der Waals surface area contributed by atoms with Gasteiger partial charge in [-0.25, -0.2) is 8.42 Å². The summed E-state index contributed by atoms with van der Waals surface area (Å²) < 4.78 is 31.0. The number of carbonyl (C=O) groups excluding carboxylic acids is 2. The molecule has 0 aromatic heterocycles. The molecule has 1 heterocycles. The van der Waals surface area contributed by atoms with Crippen LogP contribution in [0.25, 0.3) is 0 Å². The fraction of sp³-hybridized carbons (Fsp3) is 0.364. The monoisotopic (exact) mass is 428 g/mol. The van der Waals surface area contributed by atoms with Gasteiger partial charge in [0.25, 0.3) is 5.91 Å². The Kier molecular flexibility index (Phi) is 5.05. The second-order valence-corrected chi connectivity index (χ2v) is 10.2. The van der Waals surface area contributed by atoms with Gasteiger partial charge in [-0.15, -0.1) is 0 Å². The highest BCUT2D eigenvalue weighted by Crippen LogP contribution is 2.42.